The second-order valence-corrected chi connectivity index (χ2v) is 9.59. The van der Waals surface area contributed by atoms with E-state index in [-0.39, 0.29) is 55.3 Å². The lowest BCUT2D eigenvalue weighted by molar-refractivity contribution is -0.00535. The molecule has 4 heterocycles. The lowest BCUT2D eigenvalue weighted by Gasteiger charge is -2.36. The quantitative estimate of drug-likeness (QED) is 0.274. The number of nitrogens with one attached hydrogen (secondary N) is 1. The summed E-state index contributed by atoms with van der Waals surface area (Å²) in [5.41, 5.74) is -1.33. The van der Waals surface area contributed by atoms with Gasteiger partial charge in [0.25, 0.3) is 11.8 Å². The summed E-state index contributed by atoms with van der Waals surface area (Å²) in [6.07, 6.45) is 1.91. The van der Waals surface area contributed by atoms with Gasteiger partial charge in [0, 0.05) is 50.6 Å². The number of hydrogen-bond donors (Lipinski definition) is 1. The molecule has 3 aliphatic heterocycles. The minimum absolute atomic E-state index is 0.0153. The number of amides is 2. The van der Waals surface area contributed by atoms with Crippen LogP contribution in [0.2, 0.25) is 0 Å². The molecule has 214 valence electrons. The third-order valence-electron chi connectivity index (χ3n) is 7.22. The summed E-state index contributed by atoms with van der Waals surface area (Å²) in [6.45, 7) is 0.617. The van der Waals surface area contributed by atoms with Gasteiger partial charge in [0.2, 0.25) is 18.0 Å². The van der Waals surface area contributed by atoms with E-state index in [1.165, 1.54) is 23.9 Å². The number of fused-ring (bicyclic) bond motifs is 4. The normalized spacial score (nSPS) is 19.6. The minimum atomic E-state index is -1.08. The molecule has 0 spiro atoms. The van der Waals surface area contributed by atoms with Crippen LogP contribution in [-0.2, 0) is 27.3 Å². The molecule has 1 aromatic carbocycles. The summed E-state index contributed by atoms with van der Waals surface area (Å²) < 4.78 is 48.7. The molecule has 2 aromatic rings. The van der Waals surface area contributed by atoms with Gasteiger partial charge >= 0.3 is 6.16 Å². The fourth-order valence-electron chi connectivity index (χ4n) is 5.33. The molecule has 0 bridgehead atoms. The standard InChI is InChI=1S/C26H28F2N4O8/c1-37-7-8-38-26(36)40-14-39-23-21-25(35)32-11-17-3-2-6-31(17)20(32)13-30(21)12-18(22(23)33)24(34)29-10-15-4-5-16(27)9-19(15)28/h4-5,9,12,17,20H,2-3,6-8,10-11,13-14H2,1H3,(H,29,34)/t17?,20-/m0/s1. The molecule has 0 saturated carbocycles. The average Bonchev–Trinajstić information content (AvgIpc) is 3.52. The molecule has 2 atom stereocenters. The second-order valence-electron chi connectivity index (χ2n) is 9.59. The molecular weight excluding hydrogens is 534 g/mol. The molecule has 3 aliphatic rings. The van der Waals surface area contributed by atoms with E-state index in [2.05, 4.69) is 10.2 Å². The number of hydrogen-bond acceptors (Lipinski definition) is 9. The summed E-state index contributed by atoms with van der Waals surface area (Å²) >= 11 is 0. The highest BCUT2D eigenvalue weighted by atomic mass is 19.1. The number of aromatic nitrogens is 1. The van der Waals surface area contributed by atoms with Crippen LogP contribution >= 0.6 is 0 Å². The van der Waals surface area contributed by atoms with Gasteiger partial charge < -0.3 is 33.7 Å². The molecule has 0 aliphatic carbocycles. The van der Waals surface area contributed by atoms with Crippen LogP contribution in [0.5, 0.6) is 5.75 Å². The van der Waals surface area contributed by atoms with E-state index in [1.54, 1.807) is 4.90 Å². The SMILES string of the molecule is COCCOC(=O)OCOc1c2n(cc(C(=O)NCc3ccc(F)cc3F)c1=O)C[C@@H]1N(CC3CCCN31)C2=O. The first-order valence-corrected chi connectivity index (χ1v) is 12.8. The predicted molar refractivity (Wildman–Crippen MR) is 133 cm³/mol. The molecule has 14 heteroatoms. The van der Waals surface area contributed by atoms with E-state index >= 15 is 0 Å². The summed E-state index contributed by atoms with van der Waals surface area (Å²) in [6, 6.07) is 3.13. The number of carbonyl (C=O) groups excluding carboxylic acids is 3. The van der Waals surface area contributed by atoms with Crippen LogP contribution in [0.1, 0.15) is 39.3 Å². The first-order chi connectivity index (χ1) is 19.3. The van der Waals surface area contributed by atoms with Gasteiger partial charge in [-0.05, 0) is 18.9 Å². The van der Waals surface area contributed by atoms with Crippen molar-refractivity contribution in [1.82, 2.24) is 19.7 Å². The average molecular weight is 563 g/mol. The van der Waals surface area contributed by atoms with Crippen molar-refractivity contribution >= 4 is 18.0 Å². The van der Waals surface area contributed by atoms with E-state index in [1.807, 2.05) is 0 Å². The van der Waals surface area contributed by atoms with Crippen molar-refractivity contribution in [2.75, 3.05) is 40.2 Å². The van der Waals surface area contributed by atoms with E-state index in [9.17, 15) is 28.0 Å². The highest BCUT2D eigenvalue weighted by Gasteiger charge is 2.48. The Labute approximate surface area is 227 Å². The Hall–Kier alpha value is -4.04. The largest absolute Gasteiger partial charge is 0.511 e. The maximum atomic E-state index is 14.1. The zero-order valence-corrected chi connectivity index (χ0v) is 21.7. The number of carbonyl (C=O) groups is 3. The zero-order chi connectivity index (χ0) is 28.4. The van der Waals surface area contributed by atoms with Gasteiger partial charge in [-0.1, -0.05) is 6.07 Å². The van der Waals surface area contributed by atoms with Crippen molar-refractivity contribution in [3.05, 3.63) is 63.1 Å². The lowest BCUT2D eigenvalue weighted by Crippen LogP contribution is -2.50. The van der Waals surface area contributed by atoms with Gasteiger partial charge in [-0.3, -0.25) is 19.3 Å². The number of nitrogens with zero attached hydrogens (tertiary/aromatic N) is 3. The lowest BCUT2D eigenvalue weighted by atomic mass is 10.1. The Kier molecular flexibility index (Phi) is 7.98. The Morgan fingerprint density at radius 2 is 1.95 bits per heavy atom. The summed E-state index contributed by atoms with van der Waals surface area (Å²) in [4.78, 5) is 55.8. The fraction of sp³-hybridized carbons (Fsp3) is 0.462. The summed E-state index contributed by atoms with van der Waals surface area (Å²) in [7, 11) is 1.43. The van der Waals surface area contributed by atoms with Crippen LogP contribution in [0.3, 0.4) is 0 Å². The molecule has 2 fully saturated rings. The molecule has 40 heavy (non-hydrogen) atoms. The highest BCUT2D eigenvalue weighted by molar-refractivity contribution is 5.99. The molecule has 1 unspecified atom stereocenters. The van der Waals surface area contributed by atoms with Crippen molar-refractivity contribution in [1.29, 1.82) is 0 Å². The maximum absolute atomic E-state index is 14.1. The Balaban J connectivity index is 1.41. The Bertz CT molecular complexity index is 1380. The monoisotopic (exact) mass is 562 g/mol. The van der Waals surface area contributed by atoms with Gasteiger partial charge in [0.15, 0.2) is 5.69 Å². The number of methoxy groups -OCH3 is 1. The first kappa shape index (κ1) is 27.5. The number of halogens is 2. The predicted octanol–water partition coefficient (Wildman–Crippen LogP) is 1.45. The van der Waals surface area contributed by atoms with Crippen molar-refractivity contribution in [3.63, 3.8) is 0 Å². The third kappa shape index (κ3) is 5.36. The van der Waals surface area contributed by atoms with Crippen LogP contribution in [0.25, 0.3) is 0 Å². The number of ether oxygens (including phenoxy) is 4. The zero-order valence-electron chi connectivity index (χ0n) is 21.7. The van der Waals surface area contributed by atoms with Crippen LogP contribution in [0, 0.1) is 11.6 Å². The van der Waals surface area contributed by atoms with Crippen molar-refractivity contribution in [2.24, 2.45) is 0 Å². The topological polar surface area (TPSA) is 129 Å². The molecule has 12 nitrogen and oxygen atoms in total. The van der Waals surface area contributed by atoms with E-state index in [0.717, 1.165) is 25.5 Å². The molecule has 2 amide bonds. The second kappa shape index (κ2) is 11.6. The van der Waals surface area contributed by atoms with Crippen molar-refractivity contribution < 1.29 is 42.1 Å². The van der Waals surface area contributed by atoms with Crippen LogP contribution < -0.4 is 15.5 Å². The van der Waals surface area contributed by atoms with Crippen LogP contribution in [0.4, 0.5) is 13.6 Å². The van der Waals surface area contributed by atoms with Gasteiger partial charge in [0.05, 0.1) is 13.2 Å². The molecular formula is C26H28F2N4O8. The highest BCUT2D eigenvalue weighted by Crippen LogP contribution is 2.35. The summed E-state index contributed by atoms with van der Waals surface area (Å²) in [5, 5.41) is 2.45. The van der Waals surface area contributed by atoms with E-state index in [4.69, 9.17) is 18.9 Å². The molecule has 0 radical (unpaired) electrons. The molecule has 2 saturated heterocycles. The fourth-order valence-corrected chi connectivity index (χ4v) is 5.33. The Morgan fingerprint density at radius 3 is 2.73 bits per heavy atom. The van der Waals surface area contributed by atoms with Gasteiger partial charge in [-0.25, -0.2) is 13.6 Å². The van der Waals surface area contributed by atoms with Crippen molar-refractivity contribution in [2.45, 2.75) is 38.1 Å². The molecule has 1 N–H and O–H groups in total. The molecule has 5 rings (SSSR count). The minimum Gasteiger partial charge on any atom is -0.451 e. The van der Waals surface area contributed by atoms with E-state index < -0.39 is 47.6 Å². The number of benzene rings is 1. The van der Waals surface area contributed by atoms with Crippen LogP contribution in [-0.4, -0.2) is 84.8 Å². The number of rotatable bonds is 9. The first-order valence-electron chi connectivity index (χ1n) is 12.8. The van der Waals surface area contributed by atoms with Gasteiger partial charge in [-0.2, -0.15) is 0 Å². The summed E-state index contributed by atoms with van der Waals surface area (Å²) in [5.74, 6) is -3.37. The van der Waals surface area contributed by atoms with Crippen LogP contribution in [0.15, 0.2) is 29.2 Å². The Morgan fingerprint density at radius 1 is 1.12 bits per heavy atom. The third-order valence-corrected chi connectivity index (χ3v) is 7.22. The number of pyridine rings is 1. The smallest absolute Gasteiger partial charge is 0.451 e. The van der Waals surface area contributed by atoms with E-state index in [0.29, 0.717) is 12.6 Å². The van der Waals surface area contributed by atoms with Gasteiger partial charge in [0.1, 0.15) is 30.0 Å². The molecule has 1 aromatic heterocycles. The van der Waals surface area contributed by atoms with Gasteiger partial charge in [-0.15, -0.1) is 0 Å². The maximum Gasteiger partial charge on any atom is 0.511 e. The van der Waals surface area contributed by atoms with Crippen molar-refractivity contribution in [3.8, 4) is 5.75 Å².